The van der Waals surface area contributed by atoms with Crippen molar-refractivity contribution >= 4 is 41.5 Å². The molecule has 10 N–H and O–H groups in total. The Balaban J connectivity index is 1.70. The number of rotatable bonds is 10. The molecule has 18 heteroatoms. The molecule has 0 unspecified atom stereocenters. The summed E-state index contributed by atoms with van der Waals surface area (Å²) in [6.45, 7) is 0.400. The largest absolute Gasteiger partial charge is 0.481 e. The van der Waals surface area contributed by atoms with Gasteiger partial charge in [-0.2, -0.15) is 0 Å². The molecule has 1 aromatic rings. The van der Waals surface area contributed by atoms with Crippen molar-refractivity contribution in [1.82, 2.24) is 35.7 Å². The standard InChI is InChI=1S/C27H40N10O8/c28-27(29)31-8-2-5-16-25(44)36-9-3-6-18(36)23(42)35-17-11-20(38)37(26(17)45)19(10-14-12-30-13-32-14)24(43)33-15(22(41)34-16)4-1-7-21(39)40/h12-13,15-20,38H,1-11H2,(H,30,32)(H,33,43)(H,34,41)(H,35,42)(H,39,40)(H4,28,29,31)/t15-,16-,17-,18+,19-,20+/m0/s1. The summed E-state index contributed by atoms with van der Waals surface area (Å²) < 4.78 is 0. The number of nitrogens with two attached hydrogens (primary N) is 2. The second kappa shape index (κ2) is 14.8. The normalized spacial score (nSPS) is 27.6. The van der Waals surface area contributed by atoms with E-state index in [0.29, 0.717) is 25.0 Å². The van der Waals surface area contributed by atoms with E-state index >= 15 is 0 Å². The predicted octanol–water partition coefficient (Wildman–Crippen LogP) is -3.36. The lowest BCUT2D eigenvalue weighted by atomic mass is 10.0. The molecule has 6 atom stereocenters. The molecule has 0 radical (unpaired) electrons. The zero-order chi connectivity index (χ0) is 32.7. The van der Waals surface area contributed by atoms with Crippen LogP contribution in [0.5, 0.6) is 0 Å². The zero-order valence-electron chi connectivity index (χ0n) is 24.7. The minimum atomic E-state index is -1.44. The van der Waals surface area contributed by atoms with Crippen molar-refractivity contribution in [3.63, 3.8) is 0 Å². The molecule has 0 aliphatic carbocycles. The number of carbonyl (C=O) groups excluding carboxylic acids is 5. The Morgan fingerprint density at radius 1 is 1.00 bits per heavy atom. The topological polar surface area (TPSA) is 279 Å². The number of nitrogens with one attached hydrogen (secondary N) is 4. The van der Waals surface area contributed by atoms with Crippen LogP contribution in [0.4, 0.5) is 0 Å². The number of carboxylic acid groups (broad SMARTS) is 1. The monoisotopic (exact) mass is 632 g/mol. The first kappa shape index (κ1) is 33.2. The highest BCUT2D eigenvalue weighted by atomic mass is 16.4. The predicted molar refractivity (Wildman–Crippen MR) is 155 cm³/mol. The van der Waals surface area contributed by atoms with E-state index in [1.165, 1.54) is 17.4 Å². The molecule has 4 rings (SSSR count). The van der Waals surface area contributed by atoms with Crippen molar-refractivity contribution in [3.05, 3.63) is 18.2 Å². The third-order valence-corrected chi connectivity index (χ3v) is 8.16. The van der Waals surface area contributed by atoms with Gasteiger partial charge < -0.3 is 52.4 Å². The molecule has 3 aliphatic rings. The van der Waals surface area contributed by atoms with Gasteiger partial charge >= 0.3 is 5.97 Å². The molecular weight excluding hydrogens is 592 g/mol. The number of aliphatic imine (C=N–C) groups is 1. The van der Waals surface area contributed by atoms with E-state index in [-0.39, 0.29) is 57.6 Å². The number of aliphatic hydroxyl groups excluding tert-OH is 1. The SMILES string of the molecule is NC(N)=NCCC[C@@H]1NC(=O)[C@H](CCCC(=O)O)NC(=O)[C@H](Cc2cnc[nH]2)N2C(=O)[C@H](C[C@H]2O)NC(=O)[C@H]2CCCN2C1=O. The maximum absolute atomic E-state index is 13.8. The van der Waals surface area contributed by atoms with Crippen LogP contribution in [0.15, 0.2) is 17.5 Å². The van der Waals surface area contributed by atoms with Crippen molar-refractivity contribution < 1.29 is 39.0 Å². The van der Waals surface area contributed by atoms with Gasteiger partial charge in [0.25, 0.3) is 0 Å². The first-order valence-corrected chi connectivity index (χ1v) is 14.9. The fourth-order valence-electron chi connectivity index (χ4n) is 5.95. The molecule has 0 saturated carbocycles. The number of fused-ring (bicyclic) bond motifs is 3. The second-order valence-corrected chi connectivity index (χ2v) is 11.4. The number of carboxylic acids is 1. The molecule has 4 heterocycles. The number of guanidine groups is 1. The smallest absolute Gasteiger partial charge is 0.303 e. The molecular formula is C27H40N10O8. The molecule has 3 saturated heterocycles. The maximum Gasteiger partial charge on any atom is 0.303 e. The number of carbonyl (C=O) groups is 6. The Labute approximate surface area is 258 Å². The fraction of sp³-hybridized carbons (Fsp3) is 0.630. The summed E-state index contributed by atoms with van der Waals surface area (Å²) in [4.78, 5) is 92.6. The molecule has 246 valence electrons. The Morgan fingerprint density at radius 2 is 1.73 bits per heavy atom. The molecule has 0 spiro atoms. The van der Waals surface area contributed by atoms with Gasteiger partial charge in [-0.1, -0.05) is 0 Å². The summed E-state index contributed by atoms with van der Waals surface area (Å²) in [5.74, 6) is -4.62. The number of aromatic amines is 1. The van der Waals surface area contributed by atoms with Gasteiger partial charge in [-0.15, -0.1) is 0 Å². The van der Waals surface area contributed by atoms with Crippen molar-refractivity contribution in [1.29, 1.82) is 0 Å². The summed E-state index contributed by atoms with van der Waals surface area (Å²) in [5.41, 5.74) is 11.3. The molecule has 3 aliphatic heterocycles. The quantitative estimate of drug-likeness (QED) is 0.0716. The van der Waals surface area contributed by atoms with Crippen molar-refractivity contribution in [2.24, 2.45) is 16.5 Å². The van der Waals surface area contributed by atoms with Crippen LogP contribution in [0.1, 0.15) is 57.1 Å². The number of aliphatic hydroxyl groups is 1. The molecule has 5 amide bonds. The maximum atomic E-state index is 13.8. The zero-order valence-corrected chi connectivity index (χ0v) is 24.7. The van der Waals surface area contributed by atoms with Crippen LogP contribution in [0.2, 0.25) is 0 Å². The minimum Gasteiger partial charge on any atom is -0.481 e. The lowest BCUT2D eigenvalue weighted by molar-refractivity contribution is -0.147. The van der Waals surface area contributed by atoms with E-state index in [1.807, 2.05) is 0 Å². The third-order valence-electron chi connectivity index (χ3n) is 8.16. The molecule has 45 heavy (non-hydrogen) atoms. The van der Waals surface area contributed by atoms with E-state index in [9.17, 15) is 39.0 Å². The van der Waals surface area contributed by atoms with Gasteiger partial charge in [0.2, 0.25) is 29.5 Å². The third kappa shape index (κ3) is 8.25. The number of imidazole rings is 1. The average molecular weight is 633 g/mol. The highest BCUT2D eigenvalue weighted by Gasteiger charge is 2.48. The molecule has 2 bridgehead atoms. The molecule has 18 nitrogen and oxygen atoms in total. The van der Waals surface area contributed by atoms with Gasteiger partial charge in [0.15, 0.2) is 5.96 Å². The highest BCUT2D eigenvalue weighted by molar-refractivity contribution is 5.99. The van der Waals surface area contributed by atoms with Gasteiger partial charge in [0.05, 0.1) is 6.33 Å². The van der Waals surface area contributed by atoms with Gasteiger partial charge in [-0.05, 0) is 38.5 Å². The van der Waals surface area contributed by atoms with Crippen LogP contribution >= 0.6 is 0 Å². The number of nitrogens with zero attached hydrogens (tertiary/aromatic N) is 4. The summed E-state index contributed by atoms with van der Waals surface area (Å²) in [6, 6.07) is -5.82. The molecule has 0 aromatic carbocycles. The van der Waals surface area contributed by atoms with Crippen LogP contribution in [-0.2, 0) is 35.2 Å². The van der Waals surface area contributed by atoms with E-state index in [2.05, 4.69) is 30.9 Å². The van der Waals surface area contributed by atoms with Crippen molar-refractivity contribution in [2.45, 2.75) is 94.2 Å². The Bertz CT molecular complexity index is 1300. The molecule has 3 fully saturated rings. The number of aromatic nitrogens is 2. The van der Waals surface area contributed by atoms with E-state index in [4.69, 9.17) is 11.5 Å². The van der Waals surface area contributed by atoms with Crippen LogP contribution in [0.25, 0.3) is 0 Å². The average Bonchev–Trinajstić information content (AvgIpc) is 3.73. The van der Waals surface area contributed by atoms with Gasteiger partial charge in [0.1, 0.15) is 36.4 Å². The second-order valence-electron chi connectivity index (χ2n) is 11.4. The number of hydrogen-bond donors (Lipinski definition) is 8. The Hall–Kier alpha value is -4.74. The van der Waals surface area contributed by atoms with Crippen molar-refractivity contribution in [3.8, 4) is 0 Å². The van der Waals surface area contributed by atoms with Crippen LogP contribution in [-0.4, -0.2) is 121 Å². The summed E-state index contributed by atoms with van der Waals surface area (Å²) >= 11 is 0. The van der Waals surface area contributed by atoms with E-state index < -0.39 is 71.9 Å². The first-order valence-electron chi connectivity index (χ1n) is 14.9. The number of H-pyrrole nitrogens is 1. The Morgan fingerprint density at radius 3 is 2.42 bits per heavy atom. The summed E-state index contributed by atoms with van der Waals surface area (Å²) in [5, 5.41) is 28.1. The summed E-state index contributed by atoms with van der Waals surface area (Å²) in [7, 11) is 0. The van der Waals surface area contributed by atoms with Crippen LogP contribution < -0.4 is 27.4 Å². The van der Waals surface area contributed by atoms with Crippen LogP contribution in [0, 0.1) is 0 Å². The van der Waals surface area contributed by atoms with Gasteiger partial charge in [-0.25, -0.2) is 4.98 Å². The Kier molecular flexibility index (Phi) is 10.9. The summed E-state index contributed by atoms with van der Waals surface area (Å²) in [6.07, 6.45) is 1.93. The minimum absolute atomic E-state index is 0.0159. The van der Waals surface area contributed by atoms with Gasteiger partial charge in [0, 0.05) is 44.2 Å². The highest BCUT2D eigenvalue weighted by Crippen LogP contribution is 2.25. The van der Waals surface area contributed by atoms with Gasteiger partial charge in [-0.3, -0.25) is 33.8 Å². The fourth-order valence-corrected chi connectivity index (χ4v) is 5.95. The number of amides is 5. The van der Waals surface area contributed by atoms with E-state index in [0.717, 1.165) is 4.90 Å². The van der Waals surface area contributed by atoms with Crippen molar-refractivity contribution in [2.75, 3.05) is 13.1 Å². The molecule has 1 aromatic heterocycles. The number of hydrogen-bond acceptors (Lipinski definition) is 9. The number of aliphatic carboxylic acids is 1. The lowest BCUT2D eigenvalue weighted by Crippen LogP contribution is -2.58. The van der Waals surface area contributed by atoms with Crippen LogP contribution in [0.3, 0.4) is 0 Å². The first-order chi connectivity index (χ1) is 21.5. The van der Waals surface area contributed by atoms with E-state index in [1.54, 1.807) is 0 Å². The lowest BCUT2D eigenvalue weighted by Gasteiger charge is -2.31.